The summed E-state index contributed by atoms with van der Waals surface area (Å²) in [6.45, 7) is 8.41. The molecule has 1 saturated heterocycles. The van der Waals surface area contributed by atoms with E-state index >= 15 is 0 Å². The molecule has 0 aliphatic carbocycles. The molecule has 1 fully saturated rings. The second kappa shape index (κ2) is 5.49. The van der Waals surface area contributed by atoms with Crippen LogP contribution in [0.5, 0.6) is 0 Å². The van der Waals surface area contributed by atoms with Crippen LogP contribution >= 0.6 is 23.2 Å². The van der Waals surface area contributed by atoms with Crippen LogP contribution in [0.3, 0.4) is 0 Å². The Morgan fingerprint density at radius 3 is 2.42 bits per heavy atom. The van der Waals surface area contributed by atoms with Crippen molar-refractivity contribution in [2.24, 2.45) is 5.41 Å². The lowest BCUT2D eigenvalue weighted by molar-refractivity contribution is -0.160. The van der Waals surface area contributed by atoms with Gasteiger partial charge in [0, 0.05) is 13.1 Å². The number of nitrogens with two attached hydrogens (primary N) is 1. The number of nitrogens with zero attached hydrogens (tertiary/aromatic N) is 1. The van der Waals surface area contributed by atoms with Gasteiger partial charge in [0.2, 0.25) is 0 Å². The fraction of sp³-hybridized carbons (Fsp3) is 0.571. The van der Waals surface area contributed by atoms with Gasteiger partial charge in [0.1, 0.15) is 6.10 Å². The predicted molar refractivity (Wildman–Crippen MR) is 80.3 cm³/mol. The van der Waals surface area contributed by atoms with E-state index in [0.717, 1.165) is 25.1 Å². The van der Waals surface area contributed by atoms with Crippen LogP contribution in [0.15, 0.2) is 12.1 Å². The summed E-state index contributed by atoms with van der Waals surface area (Å²) in [7, 11) is 0. The van der Waals surface area contributed by atoms with E-state index in [1.54, 1.807) is 0 Å². The number of rotatable bonds is 2. The minimum Gasteiger partial charge on any atom is -0.396 e. The molecule has 19 heavy (non-hydrogen) atoms. The zero-order valence-electron chi connectivity index (χ0n) is 11.5. The van der Waals surface area contributed by atoms with Crippen molar-refractivity contribution in [3.8, 4) is 0 Å². The molecule has 1 heterocycles. The SMILES string of the molecule is CC(C)(C)CN1CCC(c2cc(Cl)c(N)c(Cl)c2)O1. The normalized spacial score (nSPS) is 21.0. The van der Waals surface area contributed by atoms with Gasteiger partial charge >= 0.3 is 0 Å². The first-order chi connectivity index (χ1) is 8.76. The van der Waals surface area contributed by atoms with E-state index in [1.807, 2.05) is 17.2 Å². The van der Waals surface area contributed by atoms with E-state index in [1.165, 1.54) is 0 Å². The summed E-state index contributed by atoms with van der Waals surface area (Å²) in [5.74, 6) is 0. The van der Waals surface area contributed by atoms with Crippen molar-refractivity contribution in [3.63, 3.8) is 0 Å². The van der Waals surface area contributed by atoms with Crippen LogP contribution in [0.4, 0.5) is 5.69 Å². The number of hydrogen-bond donors (Lipinski definition) is 1. The Balaban J connectivity index is 2.09. The van der Waals surface area contributed by atoms with E-state index in [-0.39, 0.29) is 11.5 Å². The van der Waals surface area contributed by atoms with Gasteiger partial charge in [-0.05, 0) is 29.5 Å². The van der Waals surface area contributed by atoms with Crippen molar-refractivity contribution >= 4 is 28.9 Å². The maximum atomic E-state index is 6.06. The highest BCUT2D eigenvalue weighted by molar-refractivity contribution is 6.38. The van der Waals surface area contributed by atoms with Gasteiger partial charge in [0.05, 0.1) is 15.7 Å². The van der Waals surface area contributed by atoms with Gasteiger partial charge < -0.3 is 5.73 Å². The summed E-state index contributed by atoms with van der Waals surface area (Å²) < 4.78 is 0. The van der Waals surface area contributed by atoms with E-state index in [9.17, 15) is 0 Å². The fourth-order valence-electron chi connectivity index (χ4n) is 2.21. The molecule has 5 heteroatoms. The molecule has 1 atom stereocenters. The fourth-order valence-corrected chi connectivity index (χ4v) is 2.71. The van der Waals surface area contributed by atoms with Crippen LogP contribution in [0.2, 0.25) is 10.0 Å². The third-order valence-corrected chi connectivity index (χ3v) is 3.67. The van der Waals surface area contributed by atoms with Gasteiger partial charge in [0.25, 0.3) is 0 Å². The van der Waals surface area contributed by atoms with Crippen molar-refractivity contribution in [1.82, 2.24) is 5.06 Å². The lowest BCUT2D eigenvalue weighted by Gasteiger charge is -2.25. The molecule has 0 spiro atoms. The molecule has 0 bridgehead atoms. The van der Waals surface area contributed by atoms with Gasteiger partial charge in [-0.25, -0.2) is 0 Å². The predicted octanol–water partition coefficient (Wildman–Crippen LogP) is 4.30. The molecule has 2 N–H and O–H groups in total. The quantitative estimate of drug-likeness (QED) is 0.828. The molecule has 0 saturated carbocycles. The van der Waals surface area contributed by atoms with Gasteiger partial charge in [-0.1, -0.05) is 44.0 Å². The lowest BCUT2D eigenvalue weighted by Crippen LogP contribution is -2.29. The summed E-state index contributed by atoms with van der Waals surface area (Å²) in [5, 5.41) is 2.99. The van der Waals surface area contributed by atoms with E-state index in [0.29, 0.717) is 15.7 Å². The van der Waals surface area contributed by atoms with Crippen molar-refractivity contribution in [2.75, 3.05) is 18.8 Å². The number of halogens is 2. The van der Waals surface area contributed by atoms with E-state index in [4.69, 9.17) is 33.8 Å². The maximum absolute atomic E-state index is 6.06. The van der Waals surface area contributed by atoms with Crippen LogP contribution < -0.4 is 5.73 Å². The Morgan fingerprint density at radius 1 is 1.32 bits per heavy atom. The highest BCUT2D eigenvalue weighted by Gasteiger charge is 2.28. The monoisotopic (exact) mass is 302 g/mol. The largest absolute Gasteiger partial charge is 0.396 e. The van der Waals surface area contributed by atoms with Crippen molar-refractivity contribution in [1.29, 1.82) is 0 Å². The zero-order chi connectivity index (χ0) is 14.2. The van der Waals surface area contributed by atoms with Crippen LogP contribution in [0, 0.1) is 5.41 Å². The third-order valence-electron chi connectivity index (χ3n) is 3.04. The van der Waals surface area contributed by atoms with Crippen molar-refractivity contribution in [2.45, 2.75) is 33.3 Å². The first-order valence-electron chi connectivity index (χ1n) is 6.42. The van der Waals surface area contributed by atoms with Crippen molar-refractivity contribution < 1.29 is 4.84 Å². The minimum absolute atomic E-state index is 0.0120. The average molecular weight is 303 g/mol. The number of hydroxylamine groups is 2. The molecule has 0 aromatic heterocycles. The molecule has 1 aliphatic rings. The first kappa shape index (κ1) is 14.9. The Morgan fingerprint density at radius 2 is 1.89 bits per heavy atom. The van der Waals surface area contributed by atoms with Gasteiger partial charge in [-0.2, -0.15) is 5.06 Å². The summed E-state index contributed by atoms with van der Waals surface area (Å²) in [5.41, 5.74) is 7.37. The summed E-state index contributed by atoms with van der Waals surface area (Å²) in [4.78, 5) is 5.95. The van der Waals surface area contributed by atoms with E-state index < -0.39 is 0 Å². The number of anilines is 1. The Hall–Kier alpha value is -0.480. The number of benzene rings is 1. The number of hydrogen-bond acceptors (Lipinski definition) is 3. The molecule has 106 valence electrons. The number of nitrogen functional groups attached to an aromatic ring is 1. The average Bonchev–Trinajstić information content (AvgIpc) is 2.71. The van der Waals surface area contributed by atoms with Crippen LogP contribution in [0.1, 0.15) is 38.9 Å². The first-order valence-corrected chi connectivity index (χ1v) is 7.18. The molecular formula is C14H20Cl2N2O. The summed E-state index contributed by atoms with van der Waals surface area (Å²) >= 11 is 12.1. The van der Waals surface area contributed by atoms with E-state index in [2.05, 4.69) is 20.8 Å². The Labute approximate surface area is 124 Å². The van der Waals surface area contributed by atoms with Crippen LogP contribution in [-0.2, 0) is 4.84 Å². The van der Waals surface area contributed by atoms with Gasteiger partial charge in [-0.3, -0.25) is 4.84 Å². The molecule has 2 rings (SSSR count). The standard InChI is InChI=1S/C14H20Cl2N2O/c1-14(2,3)8-18-5-4-12(19-18)9-6-10(15)13(17)11(16)7-9/h6-7,12H,4-5,8,17H2,1-3H3. The zero-order valence-corrected chi connectivity index (χ0v) is 13.1. The maximum Gasteiger partial charge on any atom is 0.106 e. The topological polar surface area (TPSA) is 38.5 Å². The van der Waals surface area contributed by atoms with Gasteiger partial charge in [0.15, 0.2) is 0 Å². The highest BCUT2D eigenvalue weighted by atomic mass is 35.5. The highest BCUT2D eigenvalue weighted by Crippen LogP contribution is 2.36. The summed E-state index contributed by atoms with van der Waals surface area (Å²) in [6, 6.07) is 3.68. The van der Waals surface area contributed by atoms with Crippen LogP contribution in [0.25, 0.3) is 0 Å². The molecule has 3 nitrogen and oxygen atoms in total. The van der Waals surface area contributed by atoms with Crippen LogP contribution in [-0.4, -0.2) is 18.2 Å². The van der Waals surface area contributed by atoms with Crippen molar-refractivity contribution in [3.05, 3.63) is 27.7 Å². The second-order valence-corrected chi connectivity index (χ2v) is 7.02. The molecule has 1 aliphatic heterocycles. The molecule has 1 aromatic carbocycles. The lowest BCUT2D eigenvalue weighted by atomic mass is 9.97. The molecular weight excluding hydrogens is 283 g/mol. The summed E-state index contributed by atoms with van der Waals surface area (Å²) in [6.07, 6.45) is 0.949. The van der Waals surface area contributed by atoms with Gasteiger partial charge in [-0.15, -0.1) is 0 Å². The molecule has 0 amide bonds. The molecule has 0 radical (unpaired) electrons. The second-order valence-electron chi connectivity index (χ2n) is 6.21. The third kappa shape index (κ3) is 3.76. The Bertz CT molecular complexity index is 448. The molecule has 1 unspecified atom stereocenters. The smallest absolute Gasteiger partial charge is 0.106 e. The molecule has 1 aromatic rings. The Kier molecular flexibility index (Phi) is 4.31. The minimum atomic E-state index is 0.0120.